The van der Waals surface area contributed by atoms with Crippen molar-refractivity contribution in [2.75, 3.05) is 40.3 Å². The summed E-state index contributed by atoms with van der Waals surface area (Å²) in [4.78, 5) is 27.5. The van der Waals surface area contributed by atoms with Crippen LogP contribution in [0.3, 0.4) is 0 Å². The molecule has 0 aromatic rings. The summed E-state index contributed by atoms with van der Waals surface area (Å²) in [6.07, 6.45) is 1.09. The molecule has 3 N–H and O–H groups in total. The van der Waals surface area contributed by atoms with Gasteiger partial charge >= 0.3 is 0 Å². The Hall–Kier alpha value is -0.560. The molecular weight excluding hydrogens is 315 g/mol. The first-order valence-electron chi connectivity index (χ1n) is 6.86. The quantitative estimate of drug-likeness (QED) is 0.687. The van der Waals surface area contributed by atoms with Crippen LogP contribution >= 0.6 is 24.8 Å². The number of carbonyl (C=O) groups excluding carboxylic acids is 2. The number of amides is 2. The maximum absolute atomic E-state index is 11.9. The zero-order valence-corrected chi connectivity index (χ0v) is 14.6. The van der Waals surface area contributed by atoms with Crippen molar-refractivity contribution in [3.63, 3.8) is 0 Å². The van der Waals surface area contributed by atoms with Gasteiger partial charge in [-0.2, -0.15) is 0 Å². The van der Waals surface area contributed by atoms with Gasteiger partial charge in [0.2, 0.25) is 11.8 Å². The monoisotopic (exact) mass is 342 g/mol. The number of rotatable bonds is 7. The van der Waals surface area contributed by atoms with E-state index in [0.29, 0.717) is 26.1 Å². The highest BCUT2D eigenvalue weighted by molar-refractivity contribution is 5.89. The third-order valence-corrected chi connectivity index (χ3v) is 3.30. The van der Waals surface area contributed by atoms with Gasteiger partial charge in [0.05, 0.1) is 5.92 Å². The van der Waals surface area contributed by atoms with Gasteiger partial charge in [-0.3, -0.25) is 9.59 Å². The van der Waals surface area contributed by atoms with Crippen LogP contribution < -0.4 is 11.1 Å². The fraction of sp³-hybridized carbons (Fsp3) is 0.846. The molecule has 0 bridgehead atoms. The van der Waals surface area contributed by atoms with E-state index in [1.54, 1.807) is 4.90 Å². The molecule has 1 saturated heterocycles. The Kier molecular flexibility index (Phi) is 12.0. The molecule has 0 aromatic heterocycles. The van der Waals surface area contributed by atoms with Crippen molar-refractivity contribution in [3.05, 3.63) is 0 Å². The molecule has 2 atom stereocenters. The first kappa shape index (κ1) is 22.7. The Morgan fingerprint density at radius 1 is 1.48 bits per heavy atom. The van der Waals surface area contributed by atoms with Crippen LogP contribution in [0.15, 0.2) is 0 Å². The molecule has 1 aliphatic rings. The zero-order valence-electron chi connectivity index (χ0n) is 13.0. The lowest BCUT2D eigenvalue weighted by atomic mass is 10.1. The van der Waals surface area contributed by atoms with E-state index in [2.05, 4.69) is 5.32 Å². The van der Waals surface area contributed by atoms with E-state index in [1.807, 2.05) is 25.9 Å². The first-order chi connectivity index (χ1) is 8.90. The highest BCUT2D eigenvalue weighted by Crippen LogP contribution is 2.17. The van der Waals surface area contributed by atoms with Gasteiger partial charge in [-0.1, -0.05) is 0 Å². The number of halogens is 2. The van der Waals surface area contributed by atoms with Gasteiger partial charge in [-0.25, -0.2) is 0 Å². The van der Waals surface area contributed by atoms with Gasteiger partial charge in [0.15, 0.2) is 0 Å². The molecule has 0 spiro atoms. The molecule has 1 aliphatic heterocycles. The van der Waals surface area contributed by atoms with Crippen molar-refractivity contribution in [2.24, 2.45) is 11.7 Å². The molecule has 21 heavy (non-hydrogen) atoms. The van der Waals surface area contributed by atoms with Crippen LogP contribution in [0.1, 0.15) is 19.8 Å². The maximum atomic E-state index is 11.9. The number of likely N-dealkylation sites (tertiary alicyclic amines) is 1. The minimum absolute atomic E-state index is 0. The highest BCUT2D eigenvalue weighted by atomic mass is 35.5. The molecule has 8 heteroatoms. The zero-order chi connectivity index (χ0) is 14.4. The fourth-order valence-corrected chi connectivity index (χ4v) is 2.05. The van der Waals surface area contributed by atoms with E-state index in [9.17, 15) is 9.59 Å². The third kappa shape index (κ3) is 8.46. The standard InChI is InChI=1S/C13H26N4O2.2ClH/c1-10(14)4-5-15-13(19)11-8-12(18)17(9-11)7-6-16(2)3;;/h10-11H,4-9,14H2,1-3H3,(H,15,19);2*1H. The molecular formula is C13H28Cl2N4O2. The molecule has 2 amide bonds. The van der Waals surface area contributed by atoms with E-state index in [4.69, 9.17) is 5.73 Å². The minimum Gasteiger partial charge on any atom is -0.356 e. The SMILES string of the molecule is CC(N)CCNC(=O)C1CC(=O)N(CCN(C)C)C1.Cl.Cl. The van der Waals surface area contributed by atoms with Crippen molar-refractivity contribution < 1.29 is 9.59 Å². The van der Waals surface area contributed by atoms with Crippen molar-refractivity contribution in [1.82, 2.24) is 15.1 Å². The summed E-state index contributed by atoms with van der Waals surface area (Å²) < 4.78 is 0. The van der Waals surface area contributed by atoms with Gasteiger partial charge in [-0.15, -0.1) is 24.8 Å². The molecule has 0 aromatic carbocycles. The Labute approximate surface area is 139 Å². The molecule has 1 heterocycles. The number of carbonyl (C=O) groups is 2. The van der Waals surface area contributed by atoms with Crippen LogP contribution in [0.25, 0.3) is 0 Å². The van der Waals surface area contributed by atoms with Gasteiger partial charge in [-0.05, 0) is 27.4 Å². The third-order valence-electron chi connectivity index (χ3n) is 3.30. The lowest BCUT2D eigenvalue weighted by Crippen LogP contribution is -2.36. The minimum atomic E-state index is -0.206. The average molecular weight is 343 g/mol. The van der Waals surface area contributed by atoms with Crippen LogP contribution in [0.4, 0.5) is 0 Å². The Balaban J connectivity index is 0. The molecule has 0 aliphatic carbocycles. The lowest BCUT2D eigenvalue weighted by Gasteiger charge is -2.19. The number of nitrogens with two attached hydrogens (primary N) is 1. The molecule has 6 nitrogen and oxygen atoms in total. The Morgan fingerprint density at radius 3 is 2.62 bits per heavy atom. The van der Waals surface area contributed by atoms with Crippen molar-refractivity contribution in [2.45, 2.75) is 25.8 Å². The van der Waals surface area contributed by atoms with Crippen molar-refractivity contribution >= 4 is 36.6 Å². The molecule has 1 rings (SSSR count). The van der Waals surface area contributed by atoms with Gasteiger partial charge < -0.3 is 20.9 Å². The number of hydrogen-bond acceptors (Lipinski definition) is 4. The molecule has 2 unspecified atom stereocenters. The average Bonchev–Trinajstić information content (AvgIpc) is 2.67. The fourth-order valence-electron chi connectivity index (χ4n) is 2.05. The van der Waals surface area contributed by atoms with Gasteiger partial charge in [0.25, 0.3) is 0 Å². The summed E-state index contributed by atoms with van der Waals surface area (Å²) in [6.45, 7) is 4.55. The van der Waals surface area contributed by atoms with E-state index in [1.165, 1.54) is 0 Å². The topological polar surface area (TPSA) is 78.7 Å². The van der Waals surface area contributed by atoms with E-state index >= 15 is 0 Å². The van der Waals surface area contributed by atoms with E-state index in [0.717, 1.165) is 13.0 Å². The van der Waals surface area contributed by atoms with E-state index in [-0.39, 0.29) is 48.6 Å². The highest BCUT2D eigenvalue weighted by Gasteiger charge is 2.33. The number of hydrogen-bond donors (Lipinski definition) is 2. The second-order valence-electron chi connectivity index (χ2n) is 5.60. The molecule has 0 saturated carbocycles. The smallest absolute Gasteiger partial charge is 0.225 e. The summed E-state index contributed by atoms with van der Waals surface area (Å²) in [6, 6.07) is 0.0853. The van der Waals surface area contributed by atoms with Crippen LogP contribution in [0.2, 0.25) is 0 Å². The van der Waals surface area contributed by atoms with Gasteiger partial charge in [0.1, 0.15) is 0 Å². The van der Waals surface area contributed by atoms with Crippen molar-refractivity contribution in [1.29, 1.82) is 0 Å². The van der Waals surface area contributed by atoms with Crippen LogP contribution in [0.5, 0.6) is 0 Å². The van der Waals surface area contributed by atoms with Gasteiger partial charge in [0, 0.05) is 38.6 Å². The number of nitrogens with zero attached hydrogens (tertiary/aromatic N) is 2. The van der Waals surface area contributed by atoms with E-state index < -0.39 is 0 Å². The molecule has 126 valence electrons. The largest absolute Gasteiger partial charge is 0.356 e. The van der Waals surface area contributed by atoms with Crippen LogP contribution in [-0.2, 0) is 9.59 Å². The summed E-state index contributed by atoms with van der Waals surface area (Å²) >= 11 is 0. The second-order valence-corrected chi connectivity index (χ2v) is 5.60. The number of likely N-dealkylation sites (N-methyl/N-ethyl adjacent to an activating group) is 1. The summed E-state index contributed by atoms with van der Waals surface area (Å²) in [5.41, 5.74) is 5.63. The van der Waals surface area contributed by atoms with Crippen molar-refractivity contribution in [3.8, 4) is 0 Å². The van der Waals surface area contributed by atoms with Crippen LogP contribution in [0, 0.1) is 5.92 Å². The Morgan fingerprint density at radius 2 is 2.10 bits per heavy atom. The Bertz CT molecular complexity index is 327. The first-order valence-corrected chi connectivity index (χ1v) is 6.86. The summed E-state index contributed by atoms with van der Waals surface area (Å²) in [5.74, 6) is -0.154. The normalized spacial score (nSPS) is 19.0. The predicted octanol–water partition coefficient (Wildman–Crippen LogP) is 0.0936. The molecule has 1 fully saturated rings. The molecule has 0 radical (unpaired) electrons. The second kappa shape index (κ2) is 11.1. The predicted molar refractivity (Wildman–Crippen MR) is 89.0 cm³/mol. The number of nitrogens with one attached hydrogen (secondary N) is 1. The maximum Gasteiger partial charge on any atom is 0.225 e. The summed E-state index contributed by atoms with van der Waals surface area (Å²) in [5, 5.41) is 2.85. The lowest BCUT2D eigenvalue weighted by molar-refractivity contribution is -0.129. The van der Waals surface area contributed by atoms with Crippen LogP contribution in [-0.4, -0.2) is 67.9 Å². The summed E-state index contributed by atoms with van der Waals surface area (Å²) in [7, 11) is 3.94.